The van der Waals surface area contributed by atoms with E-state index in [4.69, 9.17) is 16.3 Å². The van der Waals surface area contributed by atoms with Crippen molar-refractivity contribution in [3.05, 3.63) is 63.8 Å². The SMILES string of the molecule is CCOc1ccc(Cl)cc1/C=C1/SC(=Nc2ccc(F)cc2)N(C)C1=O. The van der Waals surface area contributed by atoms with Crippen LogP contribution in [-0.4, -0.2) is 29.6 Å². The molecular weight excluding hydrogens is 375 g/mol. The summed E-state index contributed by atoms with van der Waals surface area (Å²) in [7, 11) is 1.65. The smallest absolute Gasteiger partial charge is 0.266 e. The first kappa shape index (κ1) is 18.5. The van der Waals surface area contributed by atoms with Crippen LogP contribution < -0.4 is 4.74 Å². The fraction of sp³-hybridized carbons (Fsp3) is 0.158. The van der Waals surface area contributed by atoms with Gasteiger partial charge in [0.2, 0.25) is 0 Å². The Hall–Kier alpha value is -2.31. The fourth-order valence-corrected chi connectivity index (χ4v) is 3.50. The maximum atomic E-state index is 13.0. The molecule has 26 heavy (non-hydrogen) atoms. The second kappa shape index (κ2) is 7.93. The predicted octanol–water partition coefficient (Wildman–Crippen LogP) is 5.11. The minimum Gasteiger partial charge on any atom is -0.493 e. The van der Waals surface area contributed by atoms with Crippen LogP contribution >= 0.6 is 23.4 Å². The van der Waals surface area contributed by atoms with Gasteiger partial charge in [-0.2, -0.15) is 0 Å². The van der Waals surface area contributed by atoms with Gasteiger partial charge in [0.15, 0.2) is 5.17 Å². The van der Waals surface area contributed by atoms with E-state index in [1.165, 1.54) is 28.8 Å². The normalized spacial score (nSPS) is 17.4. The number of nitrogens with zero attached hydrogens (tertiary/aromatic N) is 2. The summed E-state index contributed by atoms with van der Waals surface area (Å²) in [4.78, 5) is 18.9. The maximum absolute atomic E-state index is 13.0. The molecule has 1 fully saturated rings. The van der Waals surface area contributed by atoms with Crippen LogP contribution in [0.4, 0.5) is 10.1 Å². The topological polar surface area (TPSA) is 41.9 Å². The lowest BCUT2D eigenvalue weighted by Gasteiger charge is -2.08. The van der Waals surface area contributed by atoms with Crippen molar-refractivity contribution in [3.63, 3.8) is 0 Å². The molecule has 0 aromatic heterocycles. The molecule has 7 heteroatoms. The average Bonchev–Trinajstić information content (AvgIpc) is 2.87. The van der Waals surface area contributed by atoms with E-state index in [-0.39, 0.29) is 11.7 Å². The number of aliphatic imine (C=N–C) groups is 1. The van der Waals surface area contributed by atoms with E-state index >= 15 is 0 Å². The van der Waals surface area contributed by atoms with Gasteiger partial charge in [0.25, 0.3) is 5.91 Å². The van der Waals surface area contributed by atoms with Gasteiger partial charge in [-0.1, -0.05) is 11.6 Å². The number of halogens is 2. The summed E-state index contributed by atoms with van der Waals surface area (Å²) in [6, 6.07) is 11.1. The number of carbonyl (C=O) groups excluding carboxylic acids is 1. The van der Waals surface area contributed by atoms with Crippen LogP contribution in [0.2, 0.25) is 5.02 Å². The Bertz CT molecular complexity index is 897. The Labute approximate surface area is 160 Å². The standard InChI is InChI=1S/C19H16ClFN2O2S/c1-3-25-16-9-4-13(20)10-12(16)11-17-18(24)23(2)19(26-17)22-15-7-5-14(21)6-8-15/h4-11H,3H2,1-2H3/b17-11+,22-19?. The third-order valence-corrected chi connectivity index (χ3v) is 4.91. The zero-order valence-electron chi connectivity index (χ0n) is 14.2. The zero-order valence-corrected chi connectivity index (χ0v) is 15.8. The number of ether oxygens (including phenoxy) is 1. The fourth-order valence-electron chi connectivity index (χ4n) is 2.34. The third-order valence-electron chi connectivity index (χ3n) is 3.61. The Morgan fingerprint density at radius 2 is 2.00 bits per heavy atom. The summed E-state index contributed by atoms with van der Waals surface area (Å²) >= 11 is 7.32. The molecule has 1 aliphatic rings. The molecule has 1 saturated heterocycles. The molecule has 0 unspecified atom stereocenters. The van der Waals surface area contributed by atoms with E-state index in [0.717, 1.165) is 5.56 Å². The molecule has 4 nitrogen and oxygen atoms in total. The first-order valence-corrected chi connectivity index (χ1v) is 9.11. The molecule has 0 atom stereocenters. The molecule has 0 bridgehead atoms. The maximum Gasteiger partial charge on any atom is 0.266 e. The van der Waals surface area contributed by atoms with Gasteiger partial charge in [-0.3, -0.25) is 9.69 Å². The Morgan fingerprint density at radius 3 is 2.69 bits per heavy atom. The molecule has 2 aromatic carbocycles. The lowest BCUT2D eigenvalue weighted by Crippen LogP contribution is -2.23. The molecule has 0 saturated carbocycles. The molecule has 134 valence electrons. The van der Waals surface area contributed by atoms with E-state index in [2.05, 4.69) is 4.99 Å². The minimum absolute atomic E-state index is 0.168. The molecule has 3 rings (SSSR count). The van der Waals surface area contributed by atoms with Crippen molar-refractivity contribution in [2.75, 3.05) is 13.7 Å². The number of amidine groups is 1. The molecule has 0 radical (unpaired) electrons. The van der Waals surface area contributed by atoms with Gasteiger partial charge in [0.05, 0.1) is 17.2 Å². The minimum atomic E-state index is -0.331. The van der Waals surface area contributed by atoms with Crippen LogP contribution in [0.5, 0.6) is 5.75 Å². The second-order valence-electron chi connectivity index (χ2n) is 5.46. The van der Waals surface area contributed by atoms with Crippen LogP contribution in [0.1, 0.15) is 12.5 Å². The highest BCUT2D eigenvalue weighted by atomic mass is 35.5. The van der Waals surface area contributed by atoms with E-state index in [0.29, 0.717) is 33.1 Å². The zero-order chi connectivity index (χ0) is 18.7. The first-order valence-electron chi connectivity index (χ1n) is 7.92. The highest BCUT2D eigenvalue weighted by molar-refractivity contribution is 8.18. The van der Waals surface area contributed by atoms with Gasteiger partial charge >= 0.3 is 0 Å². The predicted molar refractivity (Wildman–Crippen MR) is 104 cm³/mol. The van der Waals surface area contributed by atoms with Gasteiger partial charge in [0.1, 0.15) is 11.6 Å². The van der Waals surface area contributed by atoms with E-state index in [1.54, 1.807) is 43.5 Å². The van der Waals surface area contributed by atoms with Gasteiger partial charge in [-0.25, -0.2) is 9.38 Å². The summed E-state index contributed by atoms with van der Waals surface area (Å²) in [6.07, 6.45) is 1.74. The second-order valence-corrected chi connectivity index (χ2v) is 6.91. The number of thioether (sulfide) groups is 1. The Balaban J connectivity index is 1.93. The number of hydrogen-bond acceptors (Lipinski definition) is 4. The molecule has 1 heterocycles. The highest BCUT2D eigenvalue weighted by Gasteiger charge is 2.30. The Morgan fingerprint density at radius 1 is 1.27 bits per heavy atom. The summed E-state index contributed by atoms with van der Waals surface area (Å²) in [5, 5.41) is 1.08. The van der Waals surface area contributed by atoms with Crippen molar-refractivity contribution >= 4 is 46.2 Å². The van der Waals surface area contributed by atoms with Crippen LogP contribution in [0.15, 0.2) is 52.4 Å². The number of rotatable bonds is 4. The third kappa shape index (κ3) is 4.08. The van der Waals surface area contributed by atoms with Crippen molar-refractivity contribution in [2.45, 2.75) is 6.92 Å². The van der Waals surface area contributed by atoms with Gasteiger partial charge < -0.3 is 4.74 Å². The van der Waals surface area contributed by atoms with Crippen molar-refractivity contribution in [2.24, 2.45) is 4.99 Å². The van der Waals surface area contributed by atoms with Gasteiger partial charge in [-0.05, 0) is 67.2 Å². The summed E-state index contributed by atoms with van der Waals surface area (Å²) in [6.45, 7) is 2.40. The molecule has 0 spiro atoms. The van der Waals surface area contributed by atoms with Crippen molar-refractivity contribution < 1.29 is 13.9 Å². The Kier molecular flexibility index (Phi) is 5.64. The monoisotopic (exact) mass is 390 g/mol. The molecule has 0 N–H and O–H groups in total. The van der Waals surface area contributed by atoms with Crippen molar-refractivity contribution in [1.29, 1.82) is 0 Å². The number of likely N-dealkylation sites (N-methyl/N-ethyl adjacent to an activating group) is 1. The molecule has 1 aliphatic heterocycles. The number of benzene rings is 2. The van der Waals surface area contributed by atoms with Gasteiger partial charge in [-0.15, -0.1) is 0 Å². The van der Waals surface area contributed by atoms with Gasteiger partial charge in [0, 0.05) is 17.6 Å². The van der Waals surface area contributed by atoms with E-state index in [9.17, 15) is 9.18 Å². The van der Waals surface area contributed by atoms with Crippen molar-refractivity contribution in [3.8, 4) is 5.75 Å². The lowest BCUT2D eigenvalue weighted by molar-refractivity contribution is -0.121. The number of amides is 1. The molecule has 2 aromatic rings. The van der Waals surface area contributed by atoms with Crippen LogP contribution in [0.25, 0.3) is 6.08 Å². The molecular formula is C19H16ClFN2O2S. The van der Waals surface area contributed by atoms with Crippen LogP contribution in [0, 0.1) is 5.82 Å². The molecule has 1 amide bonds. The number of hydrogen-bond donors (Lipinski definition) is 0. The van der Waals surface area contributed by atoms with Crippen molar-refractivity contribution in [1.82, 2.24) is 4.90 Å². The average molecular weight is 391 g/mol. The molecule has 0 aliphatic carbocycles. The largest absolute Gasteiger partial charge is 0.493 e. The summed E-state index contributed by atoms with van der Waals surface area (Å²) in [5.74, 6) is 0.158. The summed E-state index contributed by atoms with van der Waals surface area (Å²) in [5.41, 5.74) is 1.30. The van der Waals surface area contributed by atoms with E-state index < -0.39 is 0 Å². The number of carbonyl (C=O) groups is 1. The highest BCUT2D eigenvalue weighted by Crippen LogP contribution is 2.35. The van der Waals surface area contributed by atoms with E-state index in [1.807, 2.05) is 6.92 Å². The lowest BCUT2D eigenvalue weighted by atomic mass is 10.2. The van der Waals surface area contributed by atoms with Crippen LogP contribution in [-0.2, 0) is 4.79 Å². The van der Waals surface area contributed by atoms with Crippen LogP contribution in [0.3, 0.4) is 0 Å². The quantitative estimate of drug-likeness (QED) is 0.681. The first-order chi connectivity index (χ1) is 12.5. The summed E-state index contributed by atoms with van der Waals surface area (Å²) < 4.78 is 18.6.